The molecule has 2 fully saturated rings. The van der Waals surface area contributed by atoms with Gasteiger partial charge in [0.05, 0.1) is 23.4 Å². The third kappa shape index (κ3) is 8.73. The van der Waals surface area contributed by atoms with Gasteiger partial charge in [-0.3, -0.25) is 19.3 Å². The molecule has 12 nitrogen and oxygen atoms in total. The van der Waals surface area contributed by atoms with Gasteiger partial charge in [0.2, 0.25) is 12.4 Å². The van der Waals surface area contributed by atoms with Crippen LogP contribution in [-0.4, -0.2) is 90.8 Å². The second kappa shape index (κ2) is 15.1. The fourth-order valence-corrected chi connectivity index (χ4v) is 6.66. The van der Waals surface area contributed by atoms with Crippen molar-refractivity contribution < 1.29 is 52.7 Å². The molecule has 0 spiro atoms. The molecule has 0 aromatic heterocycles. The van der Waals surface area contributed by atoms with Gasteiger partial charge in [-0.15, -0.1) is 0 Å². The van der Waals surface area contributed by atoms with Crippen LogP contribution in [-0.2, 0) is 51.0 Å². The zero-order chi connectivity index (χ0) is 37.3. The van der Waals surface area contributed by atoms with Gasteiger partial charge in [0.1, 0.15) is 0 Å². The smallest absolute Gasteiger partial charge is 0.337 e. The minimum Gasteiger partial charge on any atom is -0.493 e. The predicted octanol–water partition coefficient (Wildman–Crippen LogP) is 5.35. The van der Waals surface area contributed by atoms with Gasteiger partial charge in [-0.1, -0.05) is 13.0 Å². The largest absolute Gasteiger partial charge is 0.493 e. The highest BCUT2D eigenvalue weighted by Crippen LogP contribution is 2.45. The van der Waals surface area contributed by atoms with Gasteiger partial charge in [-0.2, -0.15) is 0 Å². The van der Waals surface area contributed by atoms with Crippen molar-refractivity contribution in [1.82, 2.24) is 4.90 Å². The van der Waals surface area contributed by atoms with Crippen LogP contribution in [0, 0.1) is 22.2 Å². The Morgan fingerprint density at radius 3 is 1.92 bits per heavy atom. The van der Waals surface area contributed by atoms with Crippen LogP contribution in [0.1, 0.15) is 99.6 Å². The quantitative estimate of drug-likeness (QED) is 0.261. The van der Waals surface area contributed by atoms with E-state index in [1.807, 2.05) is 6.07 Å². The van der Waals surface area contributed by atoms with E-state index in [-0.39, 0.29) is 0 Å². The van der Waals surface area contributed by atoms with E-state index in [4.69, 9.17) is 28.4 Å². The van der Waals surface area contributed by atoms with E-state index in [1.54, 1.807) is 68.4 Å². The van der Waals surface area contributed by atoms with Crippen molar-refractivity contribution in [3.63, 3.8) is 0 Å². The third-order valence-corrected chi connectivity index (χ3v) is 9.52. The normalized spacial score (nSPS) is 27.3. The number of ether oxygens (including phenoxy) is 6. The number of carboxylic acid groups (broad SMARTS) is 1. The summed E-state index contributed by atoms with van der Waals surface area (Å²) in [6, 6.07) is 4.23. The van der Waals surface area contributed by atoms with E-state index in [9.17, 15) is 24.3 Å². The molecule has 1 N–H and O–H groups in total. The minimum atomic E-state index is -1.84. The maximum atomic E-state index is 13.5. The number of esters is 3. The van der Waals surface area contributed by atoms with E-state index in [2.05, 4.69) is 11.8 Å². The molecule has 1 aromatic carbocycles. The molecular formula is C38H57NO11. The molecule has 0 unspecified atom stereocenters. The molecule has 0 bridgehead atoms. The molecule has 2 heterocycles. The molecule has 4 rings (SSSR count). The highest BCUT2D eigenvalue weighted by Gasteiger charge is 2.57. The Kier molecular flexibility index (Phi) is 11.9. The molecule has 280 valence electrons. The first-order chi connectivity index (χ1) is 23.2. The summed E-state index contributed by atoms with van der Waals surface area (Å²) < 4.78 is 36.3. The molecule has 50 heavy (non-hydrogen) atoms. The number of carboxylic acids is 1. The molecule has 2 saturated heterocycles. The lowest BCUT2D eigenvalue weighted by Crippen LogP contribution is -2.65. The van der Waals surface area contributed by atoms with Crippen LogP contribution in [0.3, 0.4) is 0 Å². The highest BCUT2D eigenvalue weighted by molar-refractivity contribution is 5.79. The number of carbonyl (C=O) groups is 4. The summed E-state index contributed by atoms with van der Waals surface area (Å²) in [6.07, 6.45) is -3.53. The molecule has 3 aliphatic rings. The fourth-order valence-electron chi connectivity index (χ4n) is 6.66. The van der Waals surface area contributed by atoms with E-state index >= 15 is 0 Å². The minimum absolute atomic E-state index is 0.341. The Bertz CT molecular complexity index is 1420. The summed E-state index contributed by atoms with van der Waals surface area (Å²) in [5.41, 5.74) is -1.13. The van der Waals surface area contributed by atoms with Gasteiger partial charge in [0.15, 0.2) is 29.8 Å². The summed E-state index contributed by atoms with van der Waals surface area (Å²) >= 11 is 0. The fraction of sp³-hybridized carbons (Fsp3) is 0.737. The van der Waals surface area contributed by atoms with Crippen LogP contribution >= 0.6 is 0 Å². The number of benzene rings is 1. The van der Waals surface area contributed by atoms with Crippen LogP contribution in [0.15, 0.2) is 12.1 Å². The SMILES string of the molecule is CCCN1CCC[C@@H]2Cc3c(ccc(OC)c3O[C@@H]3O[C@H](C(=O)O)[C@@H](OC(=O)C(C)(C)C)[C@H](OC(=O)C(C)(C)C)[C@H]3OC(=O)C(C)(C)C)C[C@H]21. The Morgan fingerprint density at radius 1 is 0.840 bits per heavy atom. The number of nitrogens with zero attached hydrogens (tertiary/aromatic N) is 1. The number of aliphatic carboxylic acids is 1. The number of hydrogen-bond acceptors (Lipinski definition) is 11. The van der Waals surface area contributed by atoms with Gasteiger partial charge in [0.25, 0.3) is 0 Å². The topological polar surface area (TPSA) is 147 Å². The van der Waals surface area contributed by atoms with Crippen molar-refractivity contribution in [3.05, 3.63) is 23.3 Å². The molecular weight excluding hydrogens is 646 g/mol. The van der Waals surface area contributed by atoms with Crippen molar-refractivity contribution in [1.29, 1.82) is 0 Å². The van der Waals surface area contributed by atoms with Crippen molar-refractivity contribution in [2.45, 2.75) is 138 Å². The monoisotopic (exact) mass is 703 g/mol. The zero-order valence-corrected chi connectivity index (χ0v) is 31.6. The molecule has 7 atom stereocenters. The second-order valence-corrected chi connectivity index (χ2v) is 16.9. The molecule has 2 aliphatic heterocycles. The van der Waals surface area contributed by atoms with E-state index in [0.29, 0.717) is 29.9 Å². The first kappa shape index (κ1) is 39.4. The van der Waals surface area contributed by atoms with Gasteiger partial charge in [-0.25, -0.2) is 4.79 Å². The standard InChI is InChI=1S/C38H57NO11/c1-12-17-39-18-13-14-22-19-23-21(20-24(22)39)15-16-25(45-11)26(23)46-32-30(50-35(44)38(8,9)10)28(49-34(43)37(5,6)7)27(29(47-32)31(40)41)48-33(42)36(2,3)4/h15-16,22,24,27-30,32H,12-14,17-20H2,1-11H3,(H,40,41)/t22-,24-,27+,28+,29+,30-,32-/m1/s1. The van der Waals surface area contributed by atoms with Crippen molar-refractivity contribution in [2.24, 2.45) is 22.2 Å². The maximum absolute atomic E-state index is 13.5. The summed E-state index contributed by atoms with van der Waals surface area (Å²) in [4.78, 5) is 55.7. The van der Waals surface area contributed by atoms with Crippen LogP contribution in [0.2, 0.25) is 0 Å². The van der Waals surface area contributed by atoms with Crippen molar-refractivity contribution in [3.8, 4) is 11.5 Å². The summed E-state index contributed by atoms with van der Waals surface area (Å²) in [7, 11) is 1.51. The molecule has 12 heteroatoms. The number of likely N-dealkylation sites (tertiary alicyclic amines) is 1. The molecule has 1 aliphatic carbocycles. The number of fused-ring (bicyclic) bond motifs is 2. The van der Waals surface area contributed by atoms with E-state index < -0.39 is 70.8 Å². The van der Waals surface area contributed by atoms with Crippen molar-refractivity contribution in [2.75, 3.05) is 20.2 Å². The molecule has 0 saturated carbocycles. The second-order valence-electron chi connectivity index (χ2n) is 16.9. The third-order valence-electron chi connectivity index (χ3n) is 9.52. The first-order valence-corrected chi connectivity index (χ1v) is 17.8. The van der Waals surface area contributed by atoms with E-state index in [1.165, 1.54) is 7.11 Å². The van der Waals surface area contributed by atoms with E-state index in [0.717, 1.165) is 49.9 Å². The summed E-state index contributed by atoms with van der Waals surface area (Å²) in [5.74, 6) is -2.55. The lowest BCUT2D eigenvalue weighted by Gasteiger charge is -2.46. The van der Waals surface area contributed by atoms with Gasteiger partial charge in [0, 0.05) is 11.6 Å². The Balaban J connectivity index is 1.85. The zero-order valence-electron chi connectivity index (χ0n) is 31.6. The van der Waals surface area contributed by atoms with Gasteiger partial charge < -0.3 is 33.5 Å². The molecule has 1 aromatic rings. The summed E-state index contributed by atoms with van der Waals surface area (Å²) in [6.45, 7) is 19.0. The first-order valence-electron chi connectivity index (χ1n) is 17.8. The number of piperidine rings is 1. The lowest BCUT2D eigenvalue weighted by molar-refractivity contribution is -0.287. The maximum Gasteiger partial charge on any atom is 0.337 e. The van der Waals surface area contributed by atoms with Crippen LogP contribution < -0.4 is 9.47 Å². The van der Waals surface area contributed by atoms with Crippen LogP contribution in [0.4, 0.5) is 0 Å². The Hall–Kier alpha value is -3.38. The molecule has 0 radical (unpaired) electrons. The summed E-state index contributed by atoms with van der Waals surface area (Å²) in [5, 5.41) is 10.5. The van der Waals surface area contributed by atoms with Crippen LogP contribution in [0.5, 0.6) is 11.5 Å². The molecule has 0 amide bonds. The number of rotatable bonds is 9. The number of methoxy groups -OCH3 is 1. The van der Waals surface area contributed by atoms with Gasteiger partial charge >= 0.3 is 23.9 Å². The average Bonchev–Trinajstić information content (AvgIpc) is 3.01. The number of hydrogen-bond donors (Lipinski definition) is 1. The van der Waals surface area contributed by atoms with Crippen LogP contribution in [0.25, 0.3) is 0 Å². The number of carbonyl (C=O) groups excluding carboxylic acids is 3. The van der Waals surface area contributed by atoms with Gasteiger partial charge in [-0.05, 0) is 125 Å². The predicted molar refractivity (Wildman–Crippen MR) is 184 cm³/mol. The Morgan fingerprint density at radius 2 is 1.40 bits per heavy atom. The highest BCUT2D eigenvalue weighted by atomic mass is 16.7. The average molecular weight is 704 g/mol. The Labute approximate surface area is 296 Å². The lowest BCUT2D eigenvalue weighted by atomic mass is 9.75. The van der Waals surface area contributed by atoms with Crippen molar-refractivity contribution >= 4 is 23.9 Å².